The zero-order valence-corrected chi connectivity index (χ0v) is 44.3. The summed E-state index contributed by atoms with van der Waals surface area (Å²) in [5.74, 6) is -11.8. The van der Waals surface area contributed by atoms with Crippen LogP contribution in [-0.4, -0.2) is 195 Å². The highest BCUT2D eigenvalue weighted by molar-refractivity contribution is 6.03. The van der Waals surface area contributed by atoms with Gasteiger partial charge in [0, 0.05) is 103 Å². The van der Waals surface area contributed by atoms with E-state index in [1.807, 2.05) is 0 Å². The van der Waals surface area contributed by atoms with Crippen LogP contribution in [-0.2, 0) is 134 Å². The number of carbonyl (C=O) groups is 16. The fraction of sp³-hybridized carbons (Fsp3) is 0.673. The van der Waals surface area contributed by atoms with Crippen LogP contribution in [0, 0.1) is 5.41 Å². The lowest BCUT2D eigenvalue weighted by molar-refractivity contribution is -0.197. The molecule has 81 heavy (non-hydrogen) atoms. The van der Waals surface area contributed by atoms with Crippen molar-refractivity contribution in [2.45, 2.75) is 128 Å². The Morgan fingerprint density at radius 2 is 0.444 bits per heavy atom. The van der Waals surface area contributed by atoms with E-state index in [4.69, 9.17) is 57.2 Å². The molecule has 0 bridgehead atoms. The van der Waals surface area contributed by atoms with Gasteiger partial charge in [-0.15, -0.1) is 20.3 Å². The van der Waals surface area contributed by atoms with Crippen LogP contribution in [0.2, 0.25) is 0 Å². The minimum Gasteiger partial charge on any atom is -0.463 e. The molecular formula is C49H64N4O28. The zero-order chi connectivity index (χ0) is 59.2. The number of nitrogens with zero attached hydrogens (tertiary/aromatic N) is 4. The van der Waals surface area contributed by atoms with Crippen molar-refractivity contribution < 1.29 is 134 Å². The Morgan fingerprint density at radius 3 is 0.630 bits per heavy atom. The number of amides is 8. The normalized spacial score (nSPS) is 15.4. The summed E-state index contributed by atoms with van der Waals surface area (Å²) in [6.07, 6.45) is -3.06. The van der Waals surface area contributed by atoms with Gasteiger partial charge in [-0.3, -0.25) is 57.5 Å². The molecule has 4 rings (SSSR count). The van der Waals surface area contributed by atoms with Crippen LogP contribution in [0.4, 0.5) is 0 Å². The predicted octanol–water partition coefficient (Wildman–Crippen LogP) is -0.678. The third kappa shape index (κ3) is 24.6. The van der Waals surface area contributed by atoms with Crippen molar-refractivity contribution >= 4 is 95.0 Å². The summed E-state index contributed by atoms with van der Waals surface area (Å²) in [5.41, 5.74) is -1.27. The monoisotopic (exact) mass is 1160 g/mol. The van der Waals surface area contributed by atoms with Crippen LogP contribution >= 0.6 is 0 Å². The van der Waals surface area contributed by atoms with Gasteiger partial charge in [0.25, 0.3) is 47.3 Å². The summed E-state index contributed by atoms with van der Waals surface area (Å²) >= 11 is 0. The van der Waals surface area contributed by atoms with Gasteiger partial charge in [0.05, 0.1) is 58.3 Å². The van der Waals surface area contributed by atoms with E-state index >= 15 is 0 Å². The van der Waals surface area contributed by atoms with E-state index in [9.17, 15) is 76.7 Å². The van der Waals surface area contributed by atoms with E-state index in [-0.39, 0.29) is 208 Å². The Kier molecular flexibility index (Phi) is 28.4. The van der Waals surface area contributed by atoms with Gasteiger partial charge in [-0.1, -0.05) is 0 Å². The molecule has 0 aliphatic carbocycles. The summed E-state index contributed by atoms with van der Waals surface area (Å²) in [6, 6.07) is 0. The van der Waals surface area contributed by atoms with Gasteiger partial charge in [-0.05, 0) is 25.7 Å². The van der Waals surface area contributed by atoms with Crippen molar-refractivity contribution in [1.82, 2.24) is 20.3 Å². The average Bonchev–Trinajstić information content (AvgIpc) is 4.14. The van der Waals surface area contributed by atoms with Gasteiger partial charge in [0.15, 0.2) is 0 Å². The van der Waals surface area contributed by atoms with E-state index < -0.39 is 100 Å². The molecule has 4 saturated heterocycles. The molecule has 0 aromatic carbocycles. The van der Waals surface area contributed by atoms with E-state index in [1.54, 1.807) is 0 Å². The van der Waals surface area contributed by atoms with Crippen molar-refractivity contribution in [3.63, 3.8) is 0 Å². The number of hydrogen-bond donors (Lipinski definition) is 0. The number of carbonyl (C=O) groups excluding carboxylic acids is 16. The summed E-state index contributed by atoms with van der Waals surface area (Å²) < 4.78 is 44.3. The van der Waals surface area contributed by atoms with Crippen LogP contribution in [0.3, 0.4) is 0 Å². The second-order valence-corrected chi connectivity index (χ2v) is 18.2. The van der Waals surface area contributed by atoms with E-state index in [1.165, 1.54) is 0 Å². The third-order valence-electron chi connectivity index (χ3n) is 11.4. The van der Waals surface area contributed by atoms with Gasteiger partial charge >= 0.3 is 47.8 Å². The molecule has 32 nitrogen and oxygen atoms in total. The predicted molar refractivity (Wildman–Crippen MR) is 254 cm³/mol. The molecule has 4 heterocycles. The molecule has 4 fully saturated rings. The fourth-order valence-corrected chi connectivity index (χ4v) is 7.28. The topological polar surface area (TPSA) is 397 Å². The highest BCUT2D eigenvalue weighted by Crippen LogP contribution is 2.22. The number of hydrogen-bond acceptors (Lipinski definition) is 28. The van der Waals surface area contributed by atoms with Crippen molar-refractivity contribution in [1.29, 1.82) is 0 Å². The lowest BCUT2D eigenvalue weighted by atomic mass is 9.92. The fourth-order valence-electron chi connectivity index (χ4n) is 7.28. The second kappa shape index (κ2) is 35.0. The first-order valence-electron chi connectivity index (χ1n) is 26.0. The van der Waals surface area contributed by atoms with Crippen LogP contribution in [0.1, 0.15) is 128 Å². The quantitative estimate of drug-likeness (QED) is 0.0317. The van der Waals surface area contributed by atoms with Crippen LogP contribution in [0.15, 0.2) is 0 Å². The van der Waals surface area contributed by atoms with Crippen molar-refractivity contribution in [2.24, 2.45) is 5.41 Å². The number of imide groups is 4. The Labute approximate surface area is 461 Å². The van der Waals surface area contributed by atoms with Crippen LogP contribution in [0.25, 0.3) is 0 Å². The lowest BCUT2D eigenvalue weighted by Crippen LogP contribution is -2.43. The third-order valence-corrected chi connectivity index (χ3v) is 11.4. The van der Waals surface area contributed by atoms with Crippen LogP contribution < -0.4 is 0 Å². The summed E-state index contributed by atoms with van der Waals surface area (Å²) in [5, 5.41) is 1.55. The molecule has 0 radical (unpaired) electrons. The first kappa shape index (κ1) is 65.7. The minimum absolute atomic E-state index is 0.0384. The summed E-state index contributed by atoms with van der Waals surface area (Å²) in [6.45, 7) is -2.98. The molecule has 0 atom stereocenters. The molecule has 0 N–H and O–H groups in total. The van der Waals surface area contributed by atoms with Gasteiger partial charge < -0.3 is 57.2 Å². The van der Waals surface area contributed by atoms with E-state index in [2.05, 4.69) is 0 Å². The lowest BCUT2D eigenvalue weighted by Gasteiger charge is -2.33. The Hall–Kier alpha value is -7.84. The van der Waals surface area contributed by atoms with Gasteiger partial charge in [-0.2, -0.15) is 0 Å². The summed E-state index contributed by atoms with van der Waals surface area (Å²) in [4.78, 5) is 211. The standard InChI is InChI=1S/C49H64N4O28/c54-33-13-14-34(55)50(33)78-45(66)9-1-5-41(62)74-25-21-70-29-49(30-71-22-26-75-42(63)6-2-10-46(67)79-51-35(56)15-16-36(51)57,31-72-23-27-76-43(64)7-3-11-47(68)80-52-37(58)17-18-38(52)59)32-73-24-28-77-44(65)8-4-12-48(69)81-53-39(60)19-20-40(53)61/h1-32H2. The molecule has 8 amide bonds. The molecule has 0 aromatic heterocycles. The molecule has 448 valence electrons. The molecule has 32 heteroatoms. The van der Waals surface area contributed by atoms with Gasteiger partial charge in [-0.25, -0.2) is 19.2 Å². The highest BCUT2D eigenvalue weighted by Gasteiger charge is 2.37. The summed E-state index contributed by atoms with van der Waals surface area (Å²) in [7, 11) is 0. The zero-order valence-electron chi connectivity index (χ0n) is 44.3. The maximum atomic E-state index is 12.5. The van der Waals surface area contributed by atoms with E-state index in [0.717, 1.165) is 0 Å². The van der Waals surface area contributed by atoms with Crippen molar-refractivity contribution in [2.75, 3.05) is 79.3 Å². The van der Waals surface area contributed by atoms with Crippen LogP contribution in [0.5, 0.6) is 0 Å². The second-order valence-electron chi connectivity index (χ2n) is 18.2. The SMILES string of the molecule is O=C(CCCC(=O)ON1C(=O)CCC1=O)OCCOCC(COCCOC(=O)CCCC(=O)ON1C(=O)CCC1=O)(COCCOC(=O)CCCC(=O)ON1C(=O)CCC1=O)COCCOC(=O)CCCC(=O)ON1C(=O)CCC1=O. The highest BCUT2D eigenvalue weighted by atomic mass is 16.7. The number of esters is 4. The Bertz CT molecular complexity index is 1960. The molecule has 0 spiro atoms. The maximum Gasteiger partial charge on any atom is 0.333 e. The van der Waals surface area contributed by atoms with E-state index in [0.29, 0.717) is 20.3 Å². The Balaban J connectivity index is 1.29. The maximum absolute atomic E-state index is 12.5. The molecular weight excluding hydrogens is 1090 g/mol. The average molecular weight is 1160 g/mol. The molecule has 4 aliphatic heterocycles. The van der Waals surface area contributed by atoms with Gasteiger partial charge in [0.1, 0.15) is 26.4 Å². The largest absolute Gasteiger partial charge is 0.463 e. The van der Waals surface area contributed by atoms with Gasteiger partial charge in [0.2, 0.25) is 0 Å². The molecule has 0 saturated carbocycles. The molecule has 0 aromatic rings. The first-order valence-corrected chi connectivity index (χ1v) is 26.0. The minimum atomic E-state index is -1.27. The first-order chi connectivity index (χ1) is 38.7. The number of rotatable bonds is 40. The van der Waals surface area contributed by atoms with Crippen molar-refractivity contribution in [3.05, 3.63) is 0 Å². The smallest absolute Gasteiger partial charge is 0.333 e. The molecule has 4 aliphatic rings. The number of hydroxylamine groups is 8. The molecule has 0 unspecified atom stereocenters. The number of ether oxygens (including phenoxy) is 8. The Morgan fingerprint density at radius 1 is 0.272 bits per heavy atom. The van der Waals surface area contributed by atoms with Crippen molar-refractivity contribution in [3.8, 4) is 0 Å².